The van der Waals surface area contributed by atoms with Crippen molar-refractivity contribution in [2.45, 2.75) is 44.2 Å². The highest BCUT2D eigenvalue weighted by molar-refractivity contribution is 5.87. The van der Waals surface area contributed by atoms with Crippen molar-refractivity contribution in [3.05, 3.63) is 59.7 Å². The fraction of sp³-hybridized carbons (Fsp3) is 0.385. The maximum Gasteiger partial charge on any atom is 0.407 e. The van der Waals surface area contributed by atoms with Gasteiger partial charge in [-0.2, -0.15) is 0 Å². The Kier molecular flexibility index (Phi) is 7.33. The first-order valence-electron chi connectivity index (χ1n) is 11.7. The predicted octanol–water partition coefficient (Wildman–Crippen LogP) is 2.50. The van der Waals surface area contributed by atoms with Crippen molar-refractivity contribution in [3.63, 3.8) is 0 Å². The van der Waals surface area contributed by atoms with E-state index < -0.39 is 18.1 Å². The number of carbonyl (C=O) groups is 4. The number of aliphatic carboxylic acids is 1. The molecule has 0 aromatic heterocycles. The third-order valence-electron chi connectivity index (χ3n) is 6.49. The van der Waals surface area contributed by atoms with Gasteiger partial charge in [-0.1, -0.05) is 48.5 Å². The summed E-state index contributed by atoms with van der Waals surface area (Å²) in [5, 5.41) is 14.5. The normalized spacial score (nSPS) is 17.3. The Morgan fingerprint density at radius 1 is 1.06 bits per heavy atom. The number of nitrogens with one attached hydrogen (secondary N) is 2. The molecule has 2 unspecified atom stereocenters. The molecule has 2 aliphatic rings. The van der Waals surface area contributed by atoms with Crippen LogP contribution in [0.5, 0.6) is 0 Å². The highest BCUT2D eigenvalue weighted by Gasteiger charge is 2.33. The minimum atomic E-state index is -1.06. The first-order chi connectivity index (χ1) is 16.8. The van der Waals surface area contributed by atoms with Crippen LogP contribution in [-0.2, 0) is 19.1 Å². The van der Waals surface area contributed by atoms with E-state index in [1.807, 2.05) is 48.5 Å². The number of fused-ring (bicyclic) bond motifs is 3. The summed E-state index contributed by atoms with van der Waals surface area (Å²) in [5.41, 5.74) is 4.35. The van der Waals surface area contributed by atoms with Crippen LogP contribution in [0.25, 0.3) is 11.1 Å². The lowest BCUT2D eigenvalue weighted by molar-refractivity contribution is -0.138. The molecule has 2 aromatic carbocycles. The van der Waals surface area contributed by atoms with E-state index in [2.05, 4.69) is 10.6 Å². The summed E-state index contributed by atoms with van der Waals surface area (Å²) >= 11 is 0. The van der Waals surface area contributed by atoms with E-state index in [0.717, 1.165) is 22.3 Å². The van der Waals surface area contributed by atoms with Gasteiger partial charge in [0.1, 0.15) is 12.6 Å². The molecule has 9 heteroatoms. The van der Waals surface area contributed by atoms with Crippen LogP contribution in [0.3, 0.4) is 0 Å². The van der Waals surface area contributed by atoms with Crippen LogP contribution in [-0.4, -0.2) is 65.7 Å². The molecule has 0 spiro atoms. The van der Waals surface area contributed by atoms with Gasteiger partial charge in [-0.05, 0) is 35.1 Å². The molecular formula is C26H29N3O6. The largest absolute Gasteiger partial charge is 0.481 e. The number of carbonyl (C=O) groups excluding carboxylic acids is 3. The van der Waals surface area contributed by atoms with Gasteiger partial charge >= 0.3 is 12.1 Å². The average Bonchev–Trinajstić information content (AvgIpc) is 3.42. The number of nitrogens with zero attached hydrogens (tertiary/aromatic N) is 1. The zero-order valence-electron chi connectivity index (χ0n) is 19.5. The van der Waals surface area contributed by atoms with Gasteiger partial charge in [0.25, 0.3) is 0 Å². The van der Waals surface area contributed by atoms with Crippen molar-refractivity contribution in [3.8, 4) is 11.1 Å². The number of rotatable bonds is 8. The summed E-state index contributed by atoms with van der Waals surface area (Å²) in [7, 11) is 0. The second kappa shape index (κ2) is 10.6. The molecule has 184 valence electrons. The molecule has 1 fully saturated rings. The van der Waals surface area contributed by atoms with E-state index in [4.69, 9.17) is 9.84 Å². The number of amides is 3. The van der Waals surface area contributed by atoms with Gasteiger partial charge < -0.3 is 25.4 Å². The molecule has 1 heterocycles. The van der Waals surface area contributed by atoms with Crippen molar-refractivity contribution < 1.29 is 29.0 Å². The topological polar surface area (TPSA) is 125 Å². The van der Waals surface area contributed by atoms with Gasteiger partial charge in [0.05, 0.1) is 0 Å². The summed E-state index contributed by atoms with van der Waals surface area (Å²) in [6.45, 7) is 2.24. The van der Waals surface area contributed by atoms with Crippen molar-refractivity contribution in [1.82, 2.24) is 15.5 Å². The number of ether oxygens (including phenoxy) is 1. The van der Waals surface area contributed by atoms with Crippen molar-refractivity contribution in [1.29, 1.82) is 0 Å². The second-order valence-electron chi connectivity index (χ2n) is 8.93. The van der Waals surface area contributed by atoms with Crippen LogP contribution in [0.2, 0.25) is 0 Å². The molecule has 3 N–H and O–H groups in total. The summed E-state index contributed by atoms with van der Waals surface area (Å²) in [6.07, 6.45) is -0.502. The van der Waals surface area contributed by atoms with E-state index in [1.165, 1.54) is 11.8 Å². The minimum Gasteiger partial charge on any atom is -0.481 e. The molecule has 0 saturated carbocycles. The fourth-order valence-electron chi connectivity index (χ4n) is 4.89. The molecule has 2 aromatic rings. The molecule has 35 heavy (non-hydrogen) atoms. The van der Waals surface area contributed by atoms with E-state index in [1.54, 1.807) is 0 Å². The Hall–Kier alpha value is -3.88. The molecule has 1 aliphatic carbocycles. The SMILES string of the molecule is CC(=O)NC1CCN(C(=O)C(CCC(=O)O)NC(=O)OCC2c3ccccc3-c3ccccc32)C1. The fourth-order valence-corrected chi connectivity index (χ4v) is 4.89. The number of carboxylic acids is 1. The zero-order chi connectivity index (χ0) is 24.9. The molecule has 0 radical (unpaired) electrons. The highest BCUT2D eigenvalue weighted by Crippen LogP contribution is 2.44. The summed E-state index contributed by atoms with van der Waals surface area (Å²) < 4.78 is 5.54. The standard InChI is InChI=1S/C26H29N3O6/c1-16(30)27-17-12-13-29(14-17)25(33)23(10-11-24(31)32)28-26(34)35-15-22-20-8-4-2-6-18(20)19-7-3-5-9-21(19)22/h2-9,17,22-23H,10-15H2,1H3,(H,27,30)(H,28,34)(H,31,32). The highest BCUT2D eigenvalue weighted by atomic mass is 16.5. The maximum absolute atomic E-state index is 13.1. The molecule has 2 atom stereocenters. The molecular weight excluding hydrogens is 450 g/mol. The third-order valence-corrected chi connectivity index (χ3v) is 6.49. The van der Waals surface area contributed by atoms with Crippen molar-refractivity contribution in [2.75, 3.05) is 19.7 Å². The molecule has 0 bridgehead atoms. The van der Waals surface area contributed by atoms with Crippen LogP contribution in [0.4, 0.5) is 4.79 Å². The van der Waals surface area contributed by atoms with Crippen LogP contribution in [0, 0.1) is 0 Å². The Balaban J connectivity index is 1.40. The molecule has 1 aliphatic heterocycles. The van der Waals surface area contributed by atoms with E-state index in [9.17, 15) is 19.2 Å². The van der Waals surface area contributed by atoms with E-state index in [0.29, 0.717) is 19.5 Å². The number of hydrogen-bond acceptors (Lipinski definition) is 5. The quantitative estimate of drug-likeness (QED) is 0.534. The Morgan fingerprint density at radius 2 is 1.69 bits per heavy atom. The Labute approximate surface area is 203 Å². The lowest BCUT2D eigenvalue weighted by Gasteiger charge is -2.24. The average molecular weight is 480 g/mol. The van der Waals surface area contributed by atoms with Gasteiger partial charge in [0.2, 0.25) is 11.8 Å². The first kappa shape index (κ1) is 24.3. The van der Waals surface area contributed by atoms with E-state index in [-0.39, 0.29) is 43.2 Å². The maximum atomic E-state index is 13.1. The lowest BCUT2D eigenvalue weighted by atomic mass is 9.98. The third kappa shape index (κ3) is 5.62. The Morgan fingerprint density at radius 3 is 2.29 bits per heavy atom. The first-order valence-corrected chi connectivity index (χ1v) is 11.7. The van der Waals surface area contributed by atoms with E-state index >= 15 is 0 Å². The second-order valence-corrected chi connectivity index (χ2v) is 8.93. The van der Waals surface area contributed by atoms with Crippen LogP contribution < -0.4 is 10.6 Å². The van der Waals surface area contributed by atoms with Gasteiger partial charge in [-0.3, -0.25) is 14.4 Å². The van der Waals surface area contributed by atoms with Crippen LogP contribution in [0.15, 0.2) is 48.5 Å². The molecule has 4 rings (SSSR count). The zero-order valence-corrected chi connectivity index (χ0v) is 19.5. The molecule has 1 saturated heterocycles. The number of alkyl carbamates (subject to hydrolysis) is 1. The molecule has 3 amide bonds. The monoisotopic (exact) mass is 479 g/mol. The summed E-state index contributed by atoms with van der Waals surface area (Å²) in [6, 6.07) is 14.8. The summed E-state index contributed by atoms with van der Waals surface area (Å²) in [4.78, 5) is 49.7. The smallest absolute Gasteiger partial charge is 0.407 e. The number of hydrogen-bond donors (Lipinski definition) is 3. The predicted molar refractivity (Wildman–Crippen MR) is 128 cm³/mol. The minimum absolute atomic E-state index is 0.0559. The number of benzene rings is 2. The van der Waals surface area contributed by atoms with Gasteiger partial charge in [0.15, 0.2) is 0 Å². The summed E-state index contributed by atoms with van der Waals surface area (Å²) in [5.74, 6) is -1.75. The Bertz CT molecular complexity index is 1090. The van der Waals surface area contributed by atoms with Gasteiger partial charge in [-0.15, -0.1) is 0 Å². The number of likely N-dealkylation sites (tertiary alicyclic amines) is 1. The van der Waals surface area contributed by atoms with Crippen molar-refractivity contribution in [2.24, 2.45) is 0 Å². The molecule has 9 nitrogen and oxygen atoms in total. The van der Waals surface area contributed by atoms with Gasteiger partial charge in [0, 0.05) is 38.4 Å². The van der Waals surface area contributed by atoms with Crippen LogP contribution >= 0.6 is 0 Å². The van der Waals surface area contributed by atoms with Gasteiger partial charge in [-0.25, -0.2) is 4.79 Å². The number of carboxylic acid groups (broad SMARTS) is 1. The van der Waals surface area contributed by atoms with Crippen LogP contribution in [0.1, 0.15) is 43.2 Å². The van der Waals surface area contributed by atoms with Crippen molar-refractivity contribution >= 4 is 23.9 Å². The lowest BCUT2D eigenvalue weighted by Crippen LogP contribution is -2.49.